The summed E-state index contributed by atoms with van der Waals surface area (Å²) in [5, 5.41) is 9.25. The maximum atomic E-state index is 14.8. The molecule has 2 fully saturated rings. The average Bonchev–Trinajstić information content (AvgIpc) is 3.25. The van der Waals surface area contributed by atoms with Crippen LogP contribution in [-0.4, -0.2) is 69.5 Å². The van der Waals surface area contributed by atoms with E-state index in [0.717, 1.165) is 48.2 Å². The maximum Gasteiger partial charge on any atom is 0.251 e. The largest absolute Gasteiger partial charge is 0.396 e. The van der Waals surface area contributed by atoms with Gasteiger partial charge in [-0.15, -0.1) is 11.8 Å². The first-order valence-corrected chi connectivity index (χ1v) is 16.3. The lowest BCUT2D eigenvalue weighted by molar-refractivity contribution is -0.139. The standard InChI is InChI=1S/C35H41N3O4S/c1-24-15-16-25(2)27(23-24)37-21-12-18-35-29(32(41)38(30(35)33(37)42)19-9-4-5-10-22-39)28-31(40)36(26-13-7-6-8-14-26)20-11-17-34(28,3)43-35/h6-8,11-18,23,28-30,39H,4-5,9-10,19-22H2,1-3H3/t28-,29-,30?,34+,35-/m0/s1. The van der Waals surface area contributed by atoms with Crippen LogP contribution in [-0.2, 0) is 14.4 Å². The van der Waals surface area contributed by atoms with E-state index < -0.39 is 27.4 Å². The number of fused-ring (bicyclic) bond motifs is 2. The fourth-order valence-corrected chi connectivity index (χ4v) is 9.73. The fraction of sp³-hybridized carbons (Fsp3) is 0.457. The highest BCUT2D eigenvalue weighted by molar-refractivity contribution is 8.02. The van der Waals surface area contributed by atoms with Crippen molar-refractivity contribution in [3.05, 3.63) is 84.0 Å². The van der Waals surface area contributed by atoms with E-state index in [4.69, 9.17) is 0 Å². The number of carbonyl (C=O) groups excluding carboxylic acids is 3. The number of benzene rings is 2. The molecule has 1 spiro atoms. The number of aryl methyl sites for hydroxylation is 2. The maximum absolute atomic E-state index is 14.8. The van der Waals surface area contributed by atoms with Gasteiger partial charge in [0.15, 0.2) is 0 Å². The molecule has 43 heavy (non-hydrogen) atoms. The summed E-state index contributed by atoms with van der Waals surface area (Å²) in [4.78, 5) is 49.4. The number of nitrogens with zero attached hydrogens (tertiary/aromatic N) is 3. The highest BCUT2D eigenvalue weighted by atomic mass is 32.2. The van der Waals surface area contributed by atoms with Gasteiger partial charge in [0, 0.05) is 42.4 Å². The van der Waals surface area contributed by atoms with Crippen LogP contribution in [0.25, 0.3) is 0 Å². The average molecular weight is 600 g/mol. The molecule has 0 bridgehead atoms. The quantitative estimate of drug-likeness (QED) is 0.339. The number of rotatable bonds is 8. The molecule has 3 amide bonds. The Bertz CT molecular complexity index is 1470. The Hall–Kier alpha value is -3.36. The molecule has 0 saturated carbocycles. The number of likely N-dealkylation sites (tertiary alicyclic amines) is 1. The van der Waals surface area contributed by atoms with Crippen molar-refractivity contribution in [1.82, 2.24) is 4.90 Å². The number of thioether (sulfide) groups is 1. The number of hydrogen-bond acceptors (Lipinski definition) is 5. The van der Waals surface area contributed by atoms with Gasteiger partial charge in [-0.2, -0.15) is 0 Å². The van der Waals surface area contributed by atoms with Crippen LogP contribution in [0.2, 0.25) is 0 Å². The van der Waals surface area contributed by atoms with Crippen molar-refractivity contribution in [2.75, 3.05) is 36.0 Å². The molecule has 2 aromatic rings. The Labute approximate surface area is 258 Å². The zero-order chi connectivity index (χ0) is 30.4. The predicted octanol–water partition coefficient (Wildman–Crippen LogP) is 5.05. The van der Waals surface area contributed by atoms with Gasteiger partial charge in [0.2, 0.25) is 11.8 Å². The lowest BCUT2D eigenvalue weighted by Crippen LogP contribution is -2.53. The lowest BCUT2D eigenvalue weighted by Gasteiger charge is -2.37. The highest BCUT2D eigenvalue weighted by Gasteiger charge is 2.74. The first-order chi connectivity index (χ1) is 20.7. The molecule has 4 aliphatic rings. The van der Waals surface area contributed by atoms with Gasteiger partial charge in [-0.1, -0.05) is 67.5 Å². The molecule has 4 aliphatic heterocycles. The van der Waals surface area contributed by atoms with E-state index in [-0.39, 0.29) is 24.3 Å². The number of amides is 3. The summed E-state index contributed by atoms with van der Waals surface area (Å²) in [6, 6.07) is 15.0. The Balaban J connectivity index is 1.43. The van der Waals surface area contributed by atoms with Crippen molar-refractivity contribution in [3.8, 4) is 0 Å². The molecule has 1 N–H and O–H groups in total. The topological polar surface area (TPSA) is 81.2 Å². The van der Waals surface area contributed by atoms with Gasteiger partial charge in [-0.05, 0) is 62.9 Å². The van der Waals surface area contributed by atoms with Crippen molar-refractivity contribution in [3.63, 3.8) is 0 Å². The molecule has 226 valence electrons. The van der Waals surface area contributed by atoms with E-state index in [1.807, 2.05) is 79.4 Å². The summed E-state index contributed by atoms with van der Waals surface area (Å²) in [7, 11) is 0. The van der Waals surface area contributed by atoms with Crippen molar-refractivity contribution >= 4 is 40.9 Å². The highest BCUT2D eigenvalue weighted by Crippen LogP contribution is 2.65. The molecular formula is C35H41N3O4S. The van der Waals surface area contributed by atoms with Crippen LogP contribution in [0.3, 0.4) is 0 Å². The summed E-state index contributed by atoms with van der Waals surface area (Å²) < 4.78 is -1.52. The minimum Gasteiger partial charge on any atom is -0.396 e. The second-order valence-electron chi connectivity index (χ2n) is 12.5. The molecule has 2 aromatic carbocycles. The summed E-state index contributed by atoms with van der Waals surface area (Å²) in [6.45, 7) is 7.55. The third kappa shape index (κ3) is 4.92. The molecular weight excluding hydrogens is 558 g/mol. The van der Waals surface area contributed by atoms with Crippen LogP contribution in [0.4, 0.5) is 11.4 Å². The van der Waals surface area contributed by atoms with Crippen LogP contribution in [0.5, 0.6) is 0 Å². The monoisotopic (exact) mass is 599 g/mol. The van der Waals surface area contributed by atoms with Gasteiger partial charge < -0.3 is 19.8 Å². The van der Waals surface area contributed by atoms with E-state index in [9.17, 15) is 19.5 Å². The van der Waals surface area contributed by atoms with Crippen molar-refractivity contribution < 1.29 is 19.5 Å². The number of para-hydroxylation sites is 1. The molecule has 4 heterocycles. The second-order valence-corrected chi connectivity index (χ2v) is 14.3. The van der Waals surface area contributed by atoms with Gasteiger partial charge >= 0.3 is 0 Å². The van der Waals surface area contributed by atoms with Crippen LogP contribution < -0.4 is 9.80 Å². The molecule has 5 atom stereocenters. The first-order valence-electron chi connectivity index (χ1n) is 15.4. The van der Waals surface area contributed by atoms with E-state index in [2.05, 4.69) is 19.1 Å². The number of hydrogen-bond donors (Lipinski definition) is 1. The SMILES string of the molecule is Cc1ccc(C)c(N2CC=C[C@]34S[C@]5(C)C=CCN(c6ccccc6)C(=O)[C@@H]5[C@H]3C(=O)N(CCCCCCO)C4C2=O)c1. The van der Waals surface area contributed by atoms with Gasteiger partial charge in [-0.25, -0.2) is 0 Å². The molecule has 0 aromatic heterocycles. The molecule has 0 radical (unpaired) electrons. The minimum atomic E-state index is -0.870. The number of unbranched alkanes of at least 4 members (excludes halogenated alkanes) is 3. The normalized spacial score (nSPS) is 29.9. The molecule has 1 unspecified atom stereocenters. The summed E-state index contributed by atoms with van der Waals surface area (Å²) in [6.07, 6.45) is 11.5. The van der Waals surface area contributed by atoms with Crippen molar-refractivity contribution in [1.29, 1.82) is 0 Å². The fourth-order valence-electron chi connectivity index (χ4n) is 7.58. The summed E-state index contributed by atoms with van der Waals surface area (Å²) >= 11 is 1.63. The van der Waals surface area contributed by atoms with Gasteiger partial charge in [0.05, 0.1) is 16.6 Å². The van der Waals surface area contributed by atoms with Gasteiger partial charge in [0.25, 0.3) is 5.91 Å². The smallest absolute Gasteiger partial charge is 0.251 e. The van der Waals surface area contributed by atoms with Gasteiger partial charge in [0.1, 0.15) is 6.04 Å². The minimum absolute atomic E-state index is 0.0681. The molecule has 8 heteroatoms. The number of carbonyl (C=O) groups is 3. The van der Waals surface area contributed by atoms with E-state index in [1.165, 1.54) is 0 Å². The second kappa shape index (κ2) is 11.6. The molecule has 7 nitrogen and oxygen atoms in total. The zero-order valence-corrected chi connectivity index (χ0v) is 26.1. The molecule has 2 saturated heterocycles. The number of aliphatic hydroxyl groups excluding tert-OH is 1. The Morgan fingerprint density at radius 1 is 0.837 bits per heavy atom. The van der Waals surface area contributed by atoms with Crippen LogP contribution in [0.1, 0.15) is 43.7 Å². The van der Waals surface area contributed by atoms with Gasteiger partial charge in [-0.3, -0.25) is 14.4 Å². The predicted molar refractivity (Wildman–Crippen MR) is 172 cm³/mol. The number of aliphatic hydroxyl groups is 1. The third-order valence-electron chi connectivity index (χ3n) is 9.59. The van der Waals surface area contributed by atoms with Crippen molar-refractivity contribution in [2.24, 2.45) is 11.8 Å². The zero-order valence-electron chi connectivity index (χ0n) is 25.2. The third-order valence-corrected chi connectivity index (χ3v) is 11.4. The van der Waals surface area contributed by atoms with Crippen LogP contribution in [0, 0.1) is 25.7 Å². The Morgan fingerprint density at radius 2 is 1.56 bits per heavy atom. The summed E-state index contributed by atoms with van der Waals surface area (Å²) in [5.74, 6) is -1.54. The Kier molecular flexibility index (Phi) is 8.03. The Morgan fingerprint density at radius 3 is 2.33 bits per heavy atom. The van der Waals surface area contributed by atoms with Crippen molar-refractivity contribution in [2.45, 2.75) is 62.0 Å². The van der Waals surface area contributed by atoms with Crippen LogP contribution >= 0.6 is 11.8 Å². The molecule has 6 rings (SSSR count). The van der Waals surface area contributed by atoms with Crippen LogP contribution in [0.15, 0.2) is 72.8 Å². The lowest BCUT2D eigenvalue weighted by atomic mass is 9.74. The first kappa shape index (κ1) is 29.7. The number of anilines is 2. The van der Waals surface area contributed by atoms with E-state index in [0.29, 0.717) is 19.6 Å². The van der Waals surface area contributed by atoms with E-state index >= 15 is 0 Å². The molecule has 0 aliphatic carbocycles. The van der Waals surface area contributed by atoms with E-state index in [1.54, 1.807) is 21.6 Å². The summed E-state index contributed by atoms with van der Waals surface area (Å²) in [5.41, 5.74) is 3.75.